The van der Waals surface area contributed by atoms with Crippen LogP contribution in [0.1, 0.15) is 59.0 Å². The Balaban J connectivity index is 1.33. The molecule has 1 aliphatic heterocycles. The molecule has 1 aliphatic carbocycles. The van der Waals surface area contributed by atoms with E-state index < -0.39 is 11.7 Å². The van der Waals surface area contributed by atoms with Gasteiger partial charge in [-0.3, -0.25) is 9.20 Å². The van der Waals surface area contributed by atoms with Crippen molar-refractivity contribution in [3.8, 4) is 0 Å². The Bertz CT molecular complexity index is 1180. The van der Waals surface area contributed by atoms with Gasteiger partial charge in [-0.15, -0.1) is 10.2 Å². The summed E-state index contributed by atoms with van der Waals surface area (Å²) in [6.45, 7) is 3.10. The van der Waals surface area contributed by atoms with Gasteiger partial charge in [0.1, 0.15) is 0 Å². The van der Waals surface area contributed by atoms with Gasteiger partial charge in [0.15, 0.2) is 5.65 Å². The van der Waals surface area contributed by atoms with E-state index in [-0.39, 0.29) is 35.5 Å². The second kappa shape index (κ2) is 8.13. The first kappa shape index (κ1) is 21.9. The zero-order valence-electron chi connectivity index (χ0n) is 18.5. The Morgan fingerprint density at radius 3 is 2.45 bits per heavy atom. The number of amides is 1. The molecule has 33 heavy (non-hydrogen) atoms. The van der Waals surface area contributed by atoms with E-state index in [1.807, 2.05) is 32.3 Å². The van der Waals surface area contributed by atoms with Gasteiger partial charge in [-0.25, -0.2) is 0 Å². The third kappa shape index (κ3) is 3.88. The van der Waals surface area contributed by atoms with Crippen LogP contribution in [0.5, 0.6) is 0 Å². The lowest BCUT2D eigenvalue weighted by Gasteiger charge is -2.21. The summed E-state index contributed by atoms with van der Waals surface area (Å²) in [5.74, 6) is 0.348. The third-order valence-corrected chi connectivity index (χ3v) is 7.29. The summed E-state index contributed by atoms with van der Waals surface area (Å²) in [7, 11) is 1.87. The lowest BCUT2D eigenvalue weighted by atomic mass is 9.91. The van der Waals surface area contributed by atoms with Crippen molar-refractivity contribution in [1.82, 2.24) is 24.8 Å². The fourth-order valence-corrected chi connectivity index (χ4v) is 5.45. The van der Waals surface area contributed by atoms with E-state index in [9.17, 15) is 18.0 Å². The van der Waals surface area contributed by atoms with Gasteiger partial charge in [0.05, 0.1) is 5.56 Å². The van der Waals surface area contributed by atoms with Crippen LogP contribution in [0.2, 0.25) is 0 Å². The normalized spacial score (nSPS) is 23.8. The number of carbonyl (C=O) groups excluding carboxylic acids is 1. The molecule has 0 radical (unpaired) electrons. The average molecular weight is 458 g/mol. The number of nitrogens with zero attached hydrogens (tertiary/aromatic N) is 4. The molecule has 1 unspecified atom stereocenters. The highest BCUT2D eigenvalue weighted by Crippen LogP contribution is 2.49. The number of aromatic nitrogens is 3. The number of hydrogen-bond acceptors (Lipinski definition) is 4. The van der Waals surface area contributed by atoms with Crippen molar-refractivity contribution in [2.45, 2.75) is 37.9 Å². The minimum Gasteiger partial charge on any atom is -0.335 e. The predicted molar refractivity (Wildman–Crippen MR) is 117 cm³/mol. The zero-order chi connectivity index (χ0) is 23.3. The molecule has 3 aromatic rings. The number of pyridine rings is 1. The van der Waals surface area contributed by atoms with E-state index in [1.165, 1.54) is 12.1 Å². The number of likely N-dealkylation sites (tertiary alicyclic amines) is 1. The number of hydrogen-bond donors (Lipinski definition) is 1. The van der Waals surface area contributed by atoms with Gasteiger partial charge in [-0.2, -0.15) is 13.2 Å². The summed E-state index contributed by atoms with van der Waals surface area (Å²) in [5, 5.41) is 11.4. The van der Waals surface area contributed by atoms with E-state index in [0.717, 1.165) is 5.56 Å². The zero-order valence-corrected chi connectivity index (χ0v) is 18.5. The second-order valence-electron chi connectivity index (χ2n) is 9.21. The molecular weight excluding hydrogens is 431 g/mol. The number of rotatable bonds is 4. The predicted octanol–water partition coefficient (Wildman–Crippen LogP) is 4.29. The first-order chi connectivity index (χ1) is 15.8. The summed E-state index contributed by atoms with van der Waals surface area (Å²) in [5.41, 5.74) is 1.47. The van der Waals surface area contributed by atoms with Crippen LogP contribution < -0.4 is 5.32 Å². The first-order valence-electron chi connectivity index (χ1n) is 11.2. The number of carbonyl (C=O) groups is 1. The molecule has 174 valence electrons. The van der Waals surface area contributed by atoms with Crippen LogP contribution in [-0.2, 0) is 6.18 Å². The van der Waals surface area contributed by atoms with Crippen molar-refractivity contribution < 1.29 is 18.0 Å². The Hall–Kier alpha value is -2.94. The number of halogens is 3. The summed E-state index contributed by atoms with van der Waals surface area (Å²) in [6.07, 6.45) is -1.16. The summed E-state index contributed by atoms with van der Waals surface area (Å²) >= 11 is 0. The molecule has 2 aromatic heterocycles. The lowest BCUT2D eigenvalue weighted by molar-refractivity contribution is -0.138. The molecule has 1 N–H and O–H groups in total. The van der Waals surface area contributed by atoms with Crippen LogP contribution >= 0.6 is 0 Å². The maximum atomic E-state index is 13.5. The van der Waals surface area contributed by atoms with Crippen molar-refractivity contribution in [3.05, 3.63) is 65.1 Å². The van der Waals surface area contributed by atoms with Crippen LogP contribution in [0.4, 0.5) is 13.2 Å². The van der Waals surface area contributed by atoms with Crippen molar-refractivity contribution in [1.29, 1.82) is 0 Å². The van der Waals surface area contributed by atoms with Crippen molar-refractivity contribution in [2.24, 2.45) is 11.8 Å². The highest BCUT2D eigenvalue weighted by Gasteiger charge is 2.45. The molecule has 0 bridgehead atoms. The number of benzene rings is 1. The van der Waals surface area contributed by atoms with Crippen LogP contribution in [0.15, 0.2) is 42.6 Å². The van der Waals surface area contributed by atoms with Crippen LogP contribution in [0.3, 0.4) is 0 Å². The monoisotopic (exact) mass is 457 g/mol. The summed E-state index contributed by atoms with van der Waals surface area (Å²) < 4.78 is 42.1. The largest absolute Gasteiger partial charge is 0.416 e. The van der Waals surface area contributed by atoms with Gasteiger partial charge in [0.2, 0.25) is 5.82 Å². The molecule has 1 aromatic carbocycles. The number of fused-ring (bicyclic) bond motifs is 2. The van der Waals surface area contributed by atoms with Gasteiger partial charge in [0, 0.05) is 25.3 Å². The summed E-state index contributed by atoms with van der Waals surface area (Å²) in [6, 6.07) is 9.79. The fraction of sp³-hybridized carbons (Fsp3) is 0.458. The fourth-order valence-electron chi connectivity index (χ4n) is 5.45. The van der Waals surface area contributed by atoms with E-state index in [1.54, 1.807) is 21.4 Å². The molecule has 2 aliphatic rings. The van der Waals surface area contributed by atoms with Gasteiger partial charge in [0.25, 0.3) is 5.91 Å². The molecule has 6 nitrogen and oxygen atoms in total. The maximum absolute atomic E-state index is 13.5. The van der Waals surface area contributed by atoms with E-state index in [4.69, 9.17) is 0 Å². The van der Waals surface area contributed by atoms with E-state index in [2.05, 4.69) is 15.5 Å². The van der Waals surface area contributed by atoms with Crippen molar-refractivity contribution >= 4 is 11.6 Å². The molecule has 5 rings (SSSR count). The minimum atomic E-state index is -4.35. The molecule has 9 heteroatoms. The Morgan fingerprint density at radius 1 is 1.09 bits per heavy atom. The standard InChI is InChI=1S/C24H26F3N5O/c1-14(28-2)15-7-8-21-29-30-22(32(21)13-15)23(33)31-11-17-9-16(10-18(17)12-31)19-5-3-4-6-20(19)24(25,26)27/h3-8,13-14,16-18,28H,9-12H2,1-2H3/t14?,16-,17-,18+. The summed E-state index contributed by atoms with van der Waals surface area (Å²) in [4.78, 5) is 15.1. The quantitative estimate of drug-likeness (QED) is 0.635. The Labute approximate surface area is 189 Å². The Morgan fingerprint density at radius 2 is 1.79 bits per heavy atom. The SMILES string of the molecule is CNC(C)c1ccc2nnc(C(=O)N3C[C@H]4C[C@@H](c5ccccc5C(F)(F)F)C[C@H]4C3)n2c1. The van der Waals surface area contributed by atoms with Gasteiger partial charge < -0.3 is 10.2 Å². The van der Waals surface area contributed by atoms with Crippen molar-refractivity contribution in [3.63, 3.8) is 0 Å². The lowest BCUT2D eigenvalue weighted by Crippen LogP contribution is -2.31. The Kier molecular flexibility index (Phi) is 5.39. The highest BCUT2D eigenvalue weighted by atomic mass is 19.4. The molecule has 1 saturated carbocycles. The van der Waals surface area contributed by atoms with Crippen LogP contribution in [-0.4, -0.2) is 45.5 Å². The van der Waals surface area contributed by atoms with Gasteiger partial charge in [-0.1, -0.05) is 24.3 Å². The molecule has 0 spiro atoms. The van der Waals surface area contributed by atoms with E-state index >= 15 is 0 Å². The molecule has 2 fully saturated rings. The molecular formula is C24H26F3N5O. The molecule has 1 amide bonds. The molecule has 4 atom stereocenters. The second-order valence-corrected chi connectivity index (χ2v) is 9.21. The maximum Gasteiger partial charge on any atom is 0.416 e. The smallest absolute Gasteiger partial charge is 0.335 e. The molecule has 1 saturated heterocycles. The number of nitrogens with one attached hydrogen (secondary N) is 1. The van der Waals surface area contributed by atoms with Crippen LogP contribution in [0.25, 0.3) is 5.65 Å². The highest BCUT2D eigenvalue weighted by molar-refractivity contribution is 5.91. The topological polar surface area (TPSA) is 62.5 Å². The van der Waals surface area contributed by atoms with Crippen molar-refractivity contribution in [2.75, 3.05) is 20.1 Å². The minimum absolute atomic E-state index is 0.113. The third-order valence-electron chi connectivity index (χ3n) is 7.29. The van der Waals surface area contributed by atoms with Gasteiger partial charge in [-0.05, 0) is 67.8 Å². The van der Waals surface area contributed by atoms with E-state index in [0.29, 0.717) is 37.1 Å². The van der Waals surface area contributed by atoms with Gasteiger partial charge >= 0.3 is 6.18 Å². The van der Waals surface area contributed by atoms with Crippen LogP contribution in [0, 0.1) is 11.8 Å². The average Bonchev–Trinajstić information content (AvgIpc) is 3.50. The molecule has 3 heterocycles. The number of alkyl halides is 3. The first-order valence-corrected chi connectivity index (χ1v) is 11.2.